The van der Waals surface area contributed by atoms with Crippen LogP contribution in [0.25, 0.3) is 38.2 Å². The Morgan fingerprint density at radius 3 is 2.57 bits per heavy atom. The SMILES string of the molecule is O=c1nc2c3ccccc3cc3ccc4cccc1c4n32. The first-order chi connectivity index (χ1) is 10.3. The highest BCUT2D eigenvalue weighted by atomic mass is 16.1. The minimum atomic E-state index is -0.163. The van der Waals surface area contributed by atoms with Crippen molar-refractivity contribution in [1.82, 2.24) is 9.38 Å². The number of hydrogen-bond acceptors (Lipinski definition) is 2. The van der Waals surface area contributed by atoms with E-state index in [-0.39, 0.29) is 5.56 Å². The first-order valence-corrected chi connectivity index (χ1v) is 6.88. The van der Waals surface area contributed by atoms with Crippen LogP contribution in [0.15, 0.2) is 65.5 Å². The molecule has 3 heteroatoms. The Labute approximate surface area is 119 Å². The molecule has 5 aromatic rings. The quantitative estimate of drug-likeness (QED) is 0.318. The van der Waals surface area contributed by atoms with Gasteiger partial charge in [-0.3, -0.25) is 9.20 Å². The summed E-state index contributed by atoms with van der Waals surface area (Å²) in [5, 5.41) is 3.84. The number of aromatic nitrogens is 2. The van der Waals surface area contributed by atoms with Crippen LogP contribution in [0.2, 0.25) is 0 Å². The lowest BCUT2D eigenvalue weighted by Gasteiger charge is -2.13. The van der Waals surface area contributed by atoms with E-state index in [1.807, 2.05) is 36.4 Å². The monoisotopic (exact) mass is 270 g/mol. The number of pyridine rings is 2. The van der Waals surface area contributed by atoms with Crippen molar-refractivity contribution < 1.29 is 0 Å². The minimum Gasteiger partial charge on any atom is -0.293 e. The van der Waals surface area contributed by atoms with E-state index in [1.54, 1.807) is 0 Å². The number of benzene rings is 2. The van der Waals surface area contributed by atoms with Gasteiger partial charge in [-0.1, -0.05) is 42.5 Å². The van der Waals surface area contributed by atoms with Gasteiger partial charge in [0.25, 0.3) is 5.56 Å². The predicted molar refractivity (Wildman–Crippen MR) is 85.2 cm³/mol. The van der Waals surface area contributed by atoms with Crippen LogP contribution in [0.3, 0.4) is 0 Å². The molecule has 3 aromatic heterocycles. The van der Waals surface area contributed by atoms with E-state index in [9.17, 15) is 4.79 Å². The summed E-state index contributed by atoms with van der Waals surface area (Å²) in [5.41, 5.74) is 2.58. The van der Waals surface area contributed by atoms with Crippen molar-refractivity contribution in [2.45, 2.75) is 0 Å². The van der Waals surface area contributed by atoms with Gasteiger partial charge in [0.1, 0.15) is 5.65 Å². The molecule has 0 bridgehead atoms. The molecule has 0 fully saturated rings. The topological polar surface area (TPSA) is 34.4 Å². The minimum absolute atomic E-state index is 0.163. The molecule has 21 heavy (non-hydrogen) atoms. The summed E-state index contributed by atoms with van der Waals surface area (Å²) in [5.74, 6) is 0. The molecule has 3 nitrogen and oxygen atoms in total. The lowest BCUT2D eigenvalue weighted by Crippen LogP contribution is -2.12. The summed E-state index contributed by atoms with van der Waals surface area (Å²) in [6.45, 7) is 0. The van der Waals surface area contributed by atoms with Gasteiger partial charge in [-0.05, 0) is 29.0 Å². The molecule has 0 radical (unpaired) electrons. The first kappa shape index (κ1) is 10.8. The van der Waals surface area contributed by atoms with Crippen molar-refractivity contribution in [1.29, 1.82) is 0 Å². The maximum absolute atomic E-state index is 12.4. The average molecular weight is 270 g/mol. The highest BCUT2D eigenvalue weighted by molar-refractivity contribution is 6.04. The van der Waals surface area contributed by atoms with Crippen molar-refractivity contribution in [2.24, 2.45) is 0 Å². The van der Waals surface area contributed by atoms with E-state index in [2.05, 4.69) is 33.7 Å². The average Bonchev–Trinajstić information content (AvgIpc) is 2.53. The Balaban J connectivity index is 2.28. The van der Waals surface area contributed by atoms with Gasteiger partial charge in [-0.25, -0.2) is 0 Å². The Hall–Kier alpha value is -2.94. The second-order valence-corrected chi connectivity index (χ2v) is 5.31. The molecule has 98 valence electrons. The molecular formula is C18H10N2O. The number of fused-ring (bicyclic) bond motifs is 2. The Kier molecular flexibility index (Phi) is 1.84. The van der Waals surface area contributed by atoms with Crippen LogP contribution in [0, 0.1) is 0 Å². The maximum atomic E-state index is 12.4. The van der Waals surface area contributed by atoms with E-state index in [1.165, 1.54) is 0 Å². The highest BCUT2D eigenvalue weighted by Crippen LogP contribution is 2.28. The number of nitrogens with zero attached hydrogens (tertiary/aromatic N) is 2. The zero-order valence-corrected chi connectivity index (χ0v) is 11.1. The van der Waals surface area contributed by atoms with Gasteiger partial charge in [-0.2, -0.15) is 4.98 Å². The zero-order chi connectivity index (χ0) is 14.0. The molecule has 0 atom stereocenters. The molecule has 0 aliphatic heterocycles. The summed E-state index contributed by atoms with van der Waals surface area (Å²) in [6.07, 6.45) is 0. The largest absolute Gasteiger partial charge is 0.293 e. The number of para-hydroxylation sites is 1. The van der Waals surface area contributed by atoms with Crippen molar-refractivity contribution in [3.8, 4) is 0 Å². The Morgan fingerprint density at radius 1 is 0.810 bits per heavy atom. The Bertz CT molecular complexity index is 1200. The lowest BCUT2D eigenvalue weighted by molar-refractivity contribution is 1.19. The summed E-state index contributed by atoms with van der Waals surface area (Å²) >= 11 is 0. The van der Waals surface area contributed by atoms with Gasteiger partial charge in [0.2, 0.25) is 0 Å². The lowest BCUT2D eigenvalue weighted by atomic mass is 10.1. The van der Waals surface area contributed by atoms with Gasteiger partial charge in [0.05, 0.1) is 10.9 Å². The first-order valence-electron chi connectivity index (χ1n) is 6.88. The number of rotatable bonds is 0. The molecule has 0 aliphatic rings. The van der Waals surface area contributed by atoms with E-state index in [0.717, 1.165) is 32.8 Å². The van der Waals surface area contributed by atoms with Crippen LogP contribution in [-0.4, -0.2) is 9.38 Å². The van der Waals surface area contributed by atoms with Gasteiger partial charge in [0, 0.05) is 10.9 Å². The van der Waals surface area contributed by atoms with E-state index >= 15 is 0 Å². The second kappa shape index (κ2) is 3.58. The fraction of sp³-hybridized carbons (Fsp3) is 0. The van der Waals surface area contributed by atoms with Crippen molar-refractivity contribution in [2.75, 3.05) is 0 Å². The summed E-state index contributed by atoms with van der Waals surface area (Å²) in [4.78, 5) is 16.7. The van der Waals surface area contributed by atoms with Crippen molar-refractivity contribution in [3.05, 3.63) is 71.0 Å². The molecule has 3 heterocycles. The normalized spacial score (nSPS) is 12.0. The highest BCUT2D eigenvalue weighted by Gasteiger charge is 2.12. The fourth-order valence-corrected chi connectivity index (χ4v) is 3.21. The third kappa shape index (κ3) is 1.28. The molecule has 5 rings (SSSR count). The van der Waals surface area contributed by atoms with Gasteiger partial charge < -0.3 is 0 Å². The van der Waals surface area contributed by atoms with Gasteiger partial charge in [0.15, 0.2) is 0 Å². The van der Waals surface area contributed by atoms with E-state index < -0.39 is 0 Å². The van der Waals surface area contributed by atoms with E-state index in [4.69, 9.17) is 0 Å². The van der Waals surface area contributed by atoms with E-state index in [0.29, 0.717) is 5.39 Å². The smallest absolute Gasteiger partial charge is 0.281 e. The molecular weight excluding hydrogens is 260 g/mol. The third-order valence-corrected chi connectivity index (χ3v) is 4.14. The summed E-state index contributed by atoms with van der Waals surface area (Å²) < 4.78 is 2.09. The predicted octanol–water partition coefficient (Wildman–Crippen LogP) is 3.59. The van der Waals surface area contributed by atoms with Crippen LogP contribution < -0.4 is 5.56 Å². The molecule has 0 saturated carbocycles. The van der Waals surface area contributed by atoms with Crippen LogP contribution in [0.5, 0.6) is 0 Å². The molecule has 0 amide bonds. The van der Waals surface area contributed by atoms with Crippen LogP contribution in [0.4, 0.5) is 0 Å². The Morgan fingerprint density at radius 2 is 1.62 bits per heavy atom. The second-order valence-electron chi connectivity index (χ2n) is 5.31. The van der Waals surface area contributed by atoms with Crippen LogP contribution in [-0.2, 0) is 0 Å². The van der Waals surface area contributed by atoms with Crippen molar-refractivity contribution >= 4 is 38.2 Å². The van der Waals surface area contributed by atoms with Crippen LogP contribution in [0.1, 0.15) is 0 Å². The molecule has 0 saturated heterocycles. The van der Waals surface area contributed by atoms with Gasteiger partial charge >= 0.3 is 0 Å². The molecule has 0 aliphatic carbocycles. The number of hydrogen-bond donors (Lipinski definition) is 0. The molecule has 2 aromatic carbocycles. The van der Waals surface area contributed by atoms with Crippen molar-refractivity contribution in [3.63, 3.8) is 0 Å². The summed E-state index contributed by atoms with van der Waals surface area (Å²) in [6, 6.07) is 20.1. The maximum Gasteiger partial charge on any atom is 0.281 e. The molecule has 0 unspecified atom stereocenters. The fourth-order valence-electron chi connectivity index (χ4n) is 3.21. The van der Waals surface area contributed by atoms with Crippen LogP contribution >= 0.6 is 0 Å². The third-order valence-electron chi connectivity index (χ3n) is 4.14. The zero-order valence-electron chi connectivity index (χ0n) is 11.1. The molecule has 0 spiro atoms. The standard InChI is InChI=1S/C18H10N2O/c21-18-15-7-3-5-11-8-9-13-10-12-4-1-2-6-14(12)17(19-18)20(13)16(11)15/h1-10H. The van der Waals surface area contributed by atoms with Gasteiger partial charge in [-0.15, -0.1) is 0 Å². The summed E-state index contributed by atoms with van der Waals surface area (Å²) in [7, 11) is 0. The molecule has 0 N–H and O–H groups in total.